The molecule has 2 saturated heterocycles. The van der Waals surface area contributed by atoms with E-state index >= 15 is 0 Å². The number of aliphatic hydroxyl groups is 1. The van der Waals surface area contributed by atoms with Crippen LogP contribution in [0.4, 0.5) is 0 Å². The van der Waals surface area contributed by atoms with E-state index in [0.29, 0.717) is 38.9 Å². The van der Waals surface area contributed by atoms with Crippen LogP contribution in [0.25, 0.3) is 0 Å². The third-order valence-corrected chi connectivity index (χ3v) is 10.9. The van der Waals surface area contributed by atoms with Gasteiger partial charge in [0, 0.05) is 12.8 Å². The Balaban J connectivity index is 0.000000227. The normalized spacial score (nSPS) is 21.7. The summed E-state index contributed by atoms with van der Waals surface area (Å²) in [5.74, 6) is -0.237. The second-order valence-electron chi connectivity index (χ2n) is 9.86. The van der Waals surface area contributed by atoms with Crippen molar-refractivity contribution in [2.75, 3.05) is 13.2 Å². The maximum Gasteiger partial charge on any atom is 0.246 e. The Morgan fingerprint density at radius 1 is 1.03 bits per heavy atom. The van der Waals surface area contributed by atoms with Gasteiger partial charge in [0.05, 0.1) is 25.3 Å². The Morgan fingerprint density at radius 2 is 1.62 bits per heavy atom. The Hall–Kier alpha value is -1.78. The van der Waals surface area contributed by atoms with Crippen molar-refractivity contribution < 1.29 is 29.2 Å². The van der Waals surface area contributed by atoms with Gasteiger partial charge >= 0.3 is 0 Å². The van der Waals surface area contributed by atoms with E-state index in [4.69, 9.17) is 14.4 Å². The van der Waals surface area contributed by atoms with Crippen LogP contribution < -0.4 is 0 Å². The molecule has 2 amide bonds. The van der Waals surface area contributed by atoms with E-state index in [1.165, 1.54) is 5.06 Å². The first kappa shape index (κ1) is 26.5. The molecule has 2 aliphatic heterocycles. The van der Waals surface area contributed by atoms with Gasteiger partial charge in [-0.2, -0.15) is 0 Å². The number of nitrogens with zero attached hydrogens (tertiary/aromatic N) is 2. The molecule has 2 atom stereocenters. The van der Waals surface area contributed by atoms with Crippen molar-refractivity contribution in [1.82, 2.24) is 10.1 Å². The molecule has 0 saturated carbocycles. The monoisotopic (exact) mass is 466 g/mol. The van der Waals surface area contributed by atoms with Crippen molar-refractivity contribution in [1.29, 1.82) is 0 Å². The highest BCUT2D eigenvalue weighted by Crippen LogP contribution is 2.37. The van der Waals surface area contributed by atoms with Crippen LogP contribution >= 0.6 is 0 Å². The summed E-state index contributed by atoms with van der Waals surface area (Å²) in [7, 11) is -1.77. The fourth-order valence-electron chi connectivity index (χ4n) is 3.19. The number of carbonyl (C=O) groups excluding carboxylic acids is 2. The van der Waals surface area contributed by atoms with Crippen LogP contribution in [0.1, 0.15) is 52.0 Å². The maximum absolute atomic E-state index is 11.5. The average Bonchev–Trinajstić information content (AvgIpc) is 3.27. The standard InChI is InChI=1S/C12H15NO3.C11H23NO3Si/c14-8-11-6-7-12(15)13(11)16-9-10-4-2-1-3-5-10;1-11(2,3)16(4,5)15-8-9-6-7-10(13)12(9)14/h1-5,11,14H,6-9H2;9,14H,6-8H2,1-5H3. The quantitative estimate of drug-likeness (QED) is 0.471. The summed E-state index contributed by atoms with van der Waals surface area (Å²) in [4.78, 5) is 28.0. The van der Waals surface area contributed by atoms with Crippen molar-refractivity contribution in [3.63, 3.8) is 0 Å². The van der Waals surface area contributed by atoms with Crippen LogP contribution in [0.5, 0.6) is 0 Å². The molecule has 180 valence electrons. The molecule has 1 aromatic carbocycles. The van der Waals surface area contributed by atoms with Crippen molar-refractivity contribution >= 4 is 20.1 Å². The zero-order valence-corrected chi connectivity index (χ0v) is 20.9. The van der Waals surface area contributed by atoms with E-state index in [2.05, 4.69) is 33.9 Å². The van der Waals surface area contributed by atoms with Gasteiger partial charge in [0.25, 0.3) is 0 Å². The number of benzene rings is 1. The largest absolute Gasteiger partial charge is 0.415 e. The molecule has 2 unspecified atom stereocenters. The van der Waals surface area contributed by atoms with E-state index in [9.17, 15) is 14.8 Å². The molecular formula is C23H38N2O6Si. The highest BCUT2D eigenvalue weighted by atomic mass is 28.4. The maximum atomic E-state index is 11.5. The van der Waals surface area contributed by atoms with Crippen molar-refractivity contribution in [3.05, 3.63) is 35.9 Å². The minimum atomic E-state index is -1.77. The number of hydrogen-bond acceptors (Lipinski definition) is 6. The Morgan fingerprint density at radius 3 is 2.16 bits per heavy atom. The van der Waals surface area contributed by atoms with Gasteiger partial charge in [-0.05, 0) is 36.5 Å². The number of rotatable bonds is 7. The van der Waals surface area contributed by atoms with E-state index in [1.54, 1.807) is 0 Å². The minimum absolute atomic E-state index is 0.0411. The van der Waals surface area contributed by atoms with Gasteiger partial charge in [0.2, 0.25) is 11.8 Å². The summed E-state index contributed by atoms with van der Waals surface area (Å²) in [6, 6.07) is 9.32. The summed E-state index contributed by atoms with van der Waals surface area (Å²) in [6.45, 7) is 11.7. The van der Waals surface area contributed by atoms with Crippen molar-refractivity contribution in [3.8, 4) is 0 Å². The van der Waals surface area contributed by atoms with Crippen LogP contribution in [-0.4, -0.2) is 65.9 Å². The van der Waals surface area contributed by atoms with Gasteiger partial charge in [-0.1, -0.05) is 51.1 Å². The van der Waals surface area contributed by atoms with Gasteiger partial charge in [0.1, 0.15) is 6.61 Å². The van der Waals surface area contributed by atoms with E-state index in [1.807, 2.05) is 30.3 Å². The zero-order chi connectivity index (χ0) is 23.9. The predicted octanol–water partition coefficient (Wildman–Crippen LogP) is 3.49. The lowest BCUT2D eigenvalue weighted by Gasteiger charge is -2.37. The molecule has 2 fully saturated rings. The van der Waals surface area contributed by atoms with Crippen LogP contribution in [0, 0.1) is 0 Å². The molecule has 0 aromatic heterocycles. The predicted molar refractivity (Wildman–Crippen MR) is 123 cm³/mol. The zero-order valence-electron chi connectivity index (χ0n) is 19.9. The van der Waals surface area contributed by atoms with E-state index in [-0.39, 0.29) is 35.5 Å². The molecule has 32 heavy (non-hydrogen) atoms. The molecule has 1 aromatic rings. The van der Waals surface area contributed by atoms with Crippen LogP contribution in [0.15, 0.2) is 30.3 Å². The Labute approximate surface area is 192 Å². The van der Waals surface area contributed by atoms with Crippen LogP contribution in [0.3, 0.4) is 0 Å². The van der Waals surface area contributed by atoms with E-state index in [0.717, 1.165) is 10.6 Å². The highest BCUT2D eigenvalue weighted by Gasteiger charge is 2.39. The van der Waals surface area contributed by atoms with Gasteiger partial charge in [-0.25, -0.2) is 10.1 Å². The fourth-order valence-corrected chi connectivity index (χ4v) is 4.23. The molecular weight excluding hydrogens is 428 g/mol. The highest BCUT2D eigenvalue weighted by molar-refractivity contribution is 6.74. The number of aliphatic hydroxyl groups excluding tert-OH is 1. The van der Waals surface area contributed by atoms with Gasteiger partial charge in [0.15, 0.2) is 8.32 Å². The van der Waals surface area contributed by atoms with Gasteiger partial charge in [-0.15, -0.1) is 0 Å². The van der Waals surface area contributed by atoms with Gasteiger partial charge in [-0.3, -0.25) is 19.6 Å². The summed E-state index contributed by atoms with van der Waals surface area (Å²) >= 11 is 0. The lowest BCUT2D eigenvalue weighted by atomic mass is 10.2. The summed E-state index contributed by atoms with van der Waals surface area (Å²) in [5, 5.41) is 20.9. The van der Waals surface area contributed by atoms with Crippen molar-refractivity contribution in [2.45, 2.75) is 83.3 Å². The molecule has 3 rings (SSSR count). The summed E-state index contributed by atoms with van der Waals surface area (Å²) in [5.41, 5.74) is 1.01. The Bertz CT molecular complexity index is 753. The number of carbonyl (C=O) groups is 2. The minimum Gasteiger partial charge on any atom is -0.415 e. The smallest absolute Gasteiger partial charge is 0.246 e. The molecule has 0 spiro atoms. The SMILES string of the molecule is CC(C)(C)[Si](C)(C)OCC1CCC(=O)N1O.O=C1CCC(CO)N1OCc1ccccc1. The molecule has 2 aliphatic rings. The van der Waals surface area contributed by atoms with Gasteiger partial charge < -0.3 is 9.53 Å². The third kappa shape index (κ3) is 7.11. The fraction of sp³-hybridized carbons (Fsp3) is 0.652. The number of hydrogen-bond donors (Lipinski definition) is 2. The second-order valence-corrected chi connectivity index (χ2v) is 14.7. The average molecular weight is 467 g/mol. The number of hydroxylamine groups is 4. The summed E-state index contributed by atoms with van der Waals surface area (Å²) < 4.78 is 5.98. The molecule has 9 heteroatoms. The molecule has 0 bridgehead atoms. The molecule has 8 nitrogen and oxygen atoms in total. The molecule has 2 N–H and O–H groups in total. The first-order valence-corrected chi connectivity index (χ1v) is 14.1. The Kier molecular flexibility index (Phi) is 9.41. The van der Waals surface area contributed by atoms with Crippen LogP contribution in [-0.2, 0) is 25.5 Å². The van der Waals surface area contributed by atoms with E-state index < -0.39 is 8.32 Å². The topological polar surface area (TPSA) is 99.5 Å². The van der Waals surface area contributed by atoms with Crippen molar-refractivity contribution in [2.24, 2.45) is 0 Å². The second kappa shape index (κ2) is 11.4. The lowest BCUT2D eigenvalue weighted by molar-refractivity contribution is -0.198. The lowest BCUT2D eigenvalue weighted by Crippen LogP contribution is -2.44. The first-order chi connectivity index (χ1) is 15.0. The molecule has 0 radical (unpaired) electrons. The molecule has 0 aliphatic carbocycles. The van der Waals surface area contributed by atoms with Crippen LogP contribution in [0.2, 0.25) is 18.1 Å². The third-order valence-electron chi connectivity index (χ3n) is 6.43. The summed E-state index contributed by atoms with van der Waals surface area (Å²) in [6.07, 6.45) is 2.26. The molecule has 2 heterocycles. The number of amides is 2. The first-order valence-electron chi connectivity index (χ1n) is 11.2.